The van der Waals surface area contributed by atoms with Gasteiger partial charge in [0, 0.05) is 38.1 Å². The zero-order valence-corrected chi connectivity index (χ0v) is 11.5. The van der Waals surface area contributed by atoms with Crippen molar-refractivity contribution in [1.29, 1.82) is 0 Å². The molecule has 0 aliphatic carbocycles. The SMILES string of the molecule is O=C(C1COCCO1)N1CCN(CCBr)CC1. The van der Waals surface area contributed by atoms with E-state index in [4.69, 9.17) is 9.47 Å². The van der Waals surface area contributed by atoms with Gasteiger partial charge in [-0.25, -0.2) is 0 Å². The fourth-order valence-electron chi connectivity index (χ4n) is 2.15. The Morgan fingerprint density at radius 3 is 2.59 bits per heavy atom. The van der Waals surface area contributed by atoms with Crippen molar-refractivity contribution in [3.8, 4) is 0 Å². The topological polar surface area (TPSA) is 42.0 Å². The van der Waals surface area contributed by atoms with Crippen molar-refractivity contribution in [2.45, 2.75) is 6.10 Å². The van der Waals surface area contributed by atoms with Crippen LogP contribution in [0.25, 0.3) is 0 Å². The third-order valence-corrected chi connectivity index (χ3v) is 3.53. The molecule has 1 unspecified atom stereocenters. The number of carbonyl (C=O) groups is 1. The normalized spacial score (nSPS) is 27.1. The summed E-state index contributed by atoms with van der Waals surface area (Å²) < 4.78 is 10.7. The van der Waals surface area contributed by atoms with Gasteiger partial charge in [-0.05, 0) is 0 Å². The first-order valence-electron chi connectivity index (χ1n) is 6.07. The van der Waals surface area contributed by atoms with Gasteiger partial charge in [0.1, 0.15) is 0 Å². The van der Waals surface area contributed by atoms with E-state index in [2.05, 4.69) is 20.8 Å². The average molecular weight is 307 g/mol. The summed E-state index contributed by atoms with van der Waals surface area (Å²) in [5, 5.41) is 0.987. The molecule has 2 aliphatic heterocycles. The second-order valence-corrected chi connectivity index (χ2v) is 5.08. The Labute approximate surface area is 110 Å². The Balaban J connectivity index is 1.77. The molecule has 6 heteroatoms. The summed E-state index contributed by atoms with van der Waals surface area (Å²) in [5.74, 6) is 0.0863. The van der Waals surface area contributed by atoms with Crippen molar-refractivity contribution in [2.24, 2.45) is 0 Å². The molecule has 0 aromatic heterocycles. The second-order valence-electron chi connectivity index (χ2n) is 4.29. The largest absolute Gasteiger partial charge is 0.376 e. The maximum Gasteiger partial charge on any atom is 0.254 e. The van der Waals surface area contributed by atoms with Crippen molar-refractivity contribution >= 4 is 21.8 Å². The molecule has 2 aliphatic rings. The van der Waals surface area contributed by atoms with Crippen molar-refractivity contribution in [2.75, 3.05) is 57.9 Å². The smallest absolute Gasteiger partial charge is 0.254 e. The van der Waals surface area contributed by atoms with Crippen LogP contribution in [0.15, 0.2) is 0 Å². The van der Waals surface area contributed by atoms with E-state index < -0.39 is 0 Å². The highest BCUT2D eigenvalue weighted by Crippen LogP contribution is 2.09. The number of hydrogen-bond acceptors (Lipinski definition) is 4. The molecular formula is C11H19BrN2O3. The minimum atomic E-state index is -0.383. The molecule has 2 heterocycles. The van der Waals surface area contributed by atoms with Crippen LogP contribution in [0.3, 0.4) is 0 Å². The molecule has 0 aromatic carbocycles. The van der Waals surface area contributed by atoms with Crippen LogP contribution in [0.1, 0.15) is 0 Å². The third kappa shape index (κ3) is 3.64. The molecule has 2 saturated heterocycles. The van der Waals surface area contributed by atoms with Crippen molar-refractivity contribution in [3.63, 3.8) is 0 Å². The van der Waals surface area contributed by atoms with Crippen molar-refractivity contribution in [3.05, 3.63) is 0 Å². The summed E-state index contributed by atoms with van der Waals surface area (Å²) >= 11 is 3.43. The number of piperazine rings is 1. The molecule has 0 aromatic rings. The molecule has 2 fully saturated rings. The summed E-state index contributed by atoms with van der Waals surface area (Å²) in [7, 11) is 0. The van der Waals surface area contributed by atoms with E-state index in [0.29, 0.717) is 19.8 Å². The van der Waals surface area contributed by atoms with Crippen LogP contribution in [-0.4, -0.2) is 79.7 Å². The van der Waals surface area contributed by atoms with E-state index in [1.54, 1.807) is 0 Å². The molecule has 5 nitrogen and oxygen atoms in total. The van der Waals surface area contributed by atoms with Crippen LogP contribution in [-0.2, 0) is 14.3 Å². The van der Waals surface area contributed by atoms with Crippen LogP contribution in [0.4, 0.5) is 0 Å². The lowest BCUT2D eigenvalue weighted by atomic mass is 10.2. The van der Waals surface area contributed by atoms with E-state index >= 15 is 0 Å². The summed E-state index contributed by atoms with van der Waals surface area (Å²) in [5.41, 5.74) is 0. The second kappa shape index (κ2) is 6.68. The number of rotatable bonds is 3. The number of hydrogen-bond donors (Lipinski definition) is 0. The number of alkyl halides is 1. The zero-order chi connectivity index (χ0) is 12.1. The van der Waals surface area contributed by atoms with Crippen LogP contribution >= 0.6 is 15.9 Å². The lowest BCUT2D eigenvalue weighted by Gasteiger charge is -2.36. The van der Waals surface area contributed by atoms with E-state index in [1.165, 1.54) is 0 Å². The highest BCUT2D eigenvalue weighted by atomic mass is 79.9. The molecule has 0 spiro atoms. The van der Waals surface area contributed by atoms with E-state index in [9.17, 15) is 4.79 Å². The Hall–Kier alpha value is -0.170. The van der Waals surface area contributed by atoms with Gasteiger partial charge in [0.15, 0.2) is 6.10 Å². The molecule has 17 heavy (non-hydrogen) atoms. The fraction of sp³-hybridized carbons (Fsp3) is 0.909. The quantitative estimate of drug-likeness (QED) is 0.685. The average Bonchev–Trinajstić information content (AvgIpc) is 2.40. The van der Waals surface area contributed by atoms with Gasteiger partial charge >= 0.3 is 0 Å². The van der Waals surface area contributed by atoms with Crippen molar-refractivity contribution in [1.82, 2.24) is 9.80 Å². The highest BCUT2D eigenvalue weighted by molar-refractivity contribution is 9.09. The summed E-state index contributed by atoms with van der Waals surface area (Å²) in [4.78, 5) is 16.4. The maximum absolute atomic E-state index is 12.1. The molecule has 1 atom stereocenters. The van der Waals surface area contributed by atoms with Gasteiger partial charge in [-0.3, -0.25) is 9.69 Å². The first-order valence-corrected chi connectivity index (χ1v) is 7.20. The maximum atomic E-state index is 12.1. The summed E-state index contributed by atoms with van der Waals surface area (Å²) in [6.45, 7) is 6.07. The van der Waals surface area contributed by atoms with E-state index in [-0.39, 0.29) is 12.0 Å². The predicted molar refractivity (Wildman–Crippen MR) is 67.4 cm³/mol. The highest BCUT2D eigenvalue weighted by Gasteiger charge is 2.29. The van der Waals surface area contributed by atoms with Crippen LogP contribution in [0.2, 0.25) is 0 Å². The van der Waals surface area contributed by atoms with Crippen LogP contribution < -0.4 is 0 Å². The van der Waals surface area contributed by atoms with E-state index in [0.717, 1.165) is 38.1 Å². The van der Waals surface area contributed by atoms with Gasteiger partial charge in [-0.2, -0.15) is 0 Å². The first-order chi connectivity index (χ1) is 8.31. The number of carbonyl (C=O) groups excluding carboxylic acids is 1. The Morgan fingerprint density at radius 1 is 1.24 bits per heavy atom. The Kier molecular flexibility index (Phi) is 5.21. The standard InChI is InChI=1S/C11H19BrN2O3/c12-1-2-13-3-5-14(6-4-13)11(15)10-9-16-7-8-17-10/h10H,1-9H2. The molecule has 0 radical (unpaired) electrons. The molecule has 1 amide bonds. The first kappa shape index (κ1) is 13.3. The monoisotopic (exact) mass is 306 g/mol. The number of halogens is 1. The van der Waals surface area contributed by atoms with E-state index in [1.807, 2.05) is 4.90 Å². The minimum Gasteiger partial charge on any atom is -0.376 e. The van der Waals surface area contributed by atoms with Gasteiger partial charge in [-0.15, -0.1) is 0 Å². The molecule has 0 N–H and O–H groups in total. The van der Waals surface area contributed by atoms with Gasteiger partial charge in [0.05, 0.1) is 19.8 Å². The summed E-state index contributed by atoms with van der Waals surface area (Å²) in [6.07, 6.45) is -0.383. The molecule has 98 valence electrons. The lowest BCUT2D eigenvalue weighted by molar-refractivity contribution is -0.159. The Morgan fingerprint density at radius 2 is 2.00 bits per heavy atom. The van der Waals surface area contributed by atoms with Crippen LogP contribution in [0.5, 0.6) is 0 Å². The Bertz CT molecular complexity index is 251. The zero-order valence-electron chi connectivity index (χ0n) is 9.94. The van der Waals surface area contributed by atoms with Gasteiger partial charge in [0.2, 0.25) is 0 Å². The summed E-state index contributed by atoms with van der Waals surface area (Å²) in [6, 6.07) is 0. The number of ether oxygens (including phenoxy) is 2. The lowest BCUT2D eigenvalue weighted by Crippen LogP contribution is -2.53. The van der Waals surface area contributed by atoms with Crippen molar-refractivity contribution < 1.29 is 14.3 Å². The number of nitrogens with zero attached hydrogens (tertiary/aromatic N) is 2. The minimum absolute atomic E-state index is 0.0863. The van der Waals surface area contributed by atoms with Crippen LogP contribution in [0, 0.1) is 0 Å². The predicted octanol–water partition coefficient (Wildman–Crippen LogP) is -0.0591. The van der Waals surface area contributed by atoms with Gasteiger partial charge in [-0.1, -0.05) is 15.9 Å². The van der Waals surface area contributed by atoms with Gasteiger partial charge in [0.25, 0.3) is 5.91 Å². The third-order valence-electron chi connectivity index (χ3n) is 3.18. The molecular weight excluding hydrogens is 288 g/mol. The molecule has 0 bridgehead atoms. The molecule has 2 rings (SSSR count). The fourth-order valence-corrected chi connectivity index (χ4v) is 2.65. The number of amides is 1. The van der Waals surface area contributed by atoms with Gasteiger partial charge < -0.3 is 14.4 Å². The molecule has 0 saturated carbocycles.